The molecule has 0 aliphatic heterocycles. The van der Waals surface area contributed by atoms with Gasteiger partial charge < -0.3 is 18.9 Å². The van der Waals surface area contributed by atoms with E-state index in [1.165, 1.54) is 141 Å². The number of carbonyl (C=O) groups is 2. The third kappa shape index (κ3) is 80.1. The van der Waals surface area contributed by atoms with E-state index in [0.717, 1.165) is 135 Å². The van der Waals surface area contributed by atoms with Crippen LogP contribution in [0, 0.1) is 0 Å². The van der Waals surface area contributed by atoms with E-state index < -0.39 is 26.5 Å². The van der Waals surface area contributed by atoms with E-state index in [2.05, 4.69) is 196 Å². The lowest BCUT2D eigenvalue weighted by Gasteiger charge is -2.24. The van der Waals surface area contributed by atoms with Crippen LogP contribution in [0.25, 0.3) is 0 Å². The van der Waals surface area contributed by atoms with Gasteiger partial charge in [-0.3, -0.25) is 18.6 Å². The van der Waals surface area contributed by atoms with E-state index in [1.807, 2.05) is 21.1 Å². The molecule has 1 N–H and O–H groups in total. The Bertz CT molecular complexity index is 2320. The summed E-state index contributed by atoms with van der Waals surface area (Å²) in [5, 5.41) is 0. The number of ether oxygens (including phenoxy) is 2. The summed E-state index contributed by atoms with van der Waals surface area (Å²) >= 11 is 0. The number of quaternary nitrogens is 1. The molecule has 0 amide bonds. The zero-order valence-electron chi connectivity index (χ0n) is 63.5. The van der Waals surface area contributed by atoms with E-state index in [0.29, 0.717) is 17.4 Å². The molecule has 0 spiro atoms. The van der Waals surface area contributed by atoms with E-state index >= 15 is 0 Å². The molecule has 98 heavy (non-hydrogen) atoms. The number of nitrogens with zero attached hydrogens (tertiary/aromatic N) is 1. The van der Waals surface area contributed by atoms with Gasteiger partial charge in [0.05, 0.1) is 27.7 Å². The quantitative estimate of drug-likeness (QED) is 0.0211. The first-order valence-electron chi connectivity index (χ1n) is 39.5. The fourth-order valence-electron chi connectivity index (χ4n) is 10.5. The number of allylic oxidation sites excluding steroid dienone is 30. The maximum atomic E-state index is 12.9. The van der Waals surface area contributed by atoms with Crippen molar-refractivity contribution in [2.24, 2.45) is 0 Å². The molecule has 0 rings (SSSR count). The second-order valence-corrected chi connectivity index (χ2v) is 28.4. The molecule has 0 aliphatic rings. The van der Waals surface area contributed by atoms with Gasteiger partial charge in [0.2, 0.25) is 0 Å². The van der Waals surface area contributed by atoms with E-state index in [1.54, 1.807) is 0 Å². The van der Waals surface area contributed by atoms with Crippen molar-refractivity contribution in [1.29, 1.82) is 0 Å². The van der Waals surface area contributed by atoms with Crippen LogP contribution in [0.2, 0.25) is 0 Å². The topological polar surface area (TPSA) is 108 Å². The van der Waals surface area contributed by atoms with Crippen molar-refractivity contribution >= 4 is 19.8 Å². The van der Waals surface area contributed by atoms with Crippen molar-refractivity contribution in [3.63, 3.8) is 0 Å². The zero-order chi connectivity index (χ0) is 71.1. The Morgan fingerprint density at radius 1 is 0.316 bits per heavy atom. The number of phosphoric acid groups is 1. The third-order valence-electron chi connectivity index (χ3n) is 16.4. The largest absolute Gasteiger partial charge is 0.472 e. The van der Waals surface area contributed by atoms with Crippen molar-refractivity contribution in [2.75, 3.05) is 47.5 Å². The summed E-state index contributed by atoms with van der Waals surface area (Å²) in [6, 6.07) is 0. The first kappa shape index (κ1) is 93.1. The van der Waals surface area contributed by atoms with Crippen LogP contribution in [-0.4, -0.2) is 74.9 Å². The van der Waals surface area contributed by atoms with Gasteiger partial charge in [-0.15, -0.1) is 0 Å². The lowest BCUT2D eigenvalue weighted by Crippen LogP contribution is -2.37. The average Bonchev–Trinajstić information content (AvgIpc) is 1.08. The second-order valence-electron chi connectivity index (χ2n) is 27.0. The molecule has 0 aliphatic carbocycles. The summed E-state index contributed by atoms with van der Waals surface area (Å²) < 4.78 is 34.7. The molecular formula is C88H147NO8P+. The Morgan fingerprint density at radius 2 is 0.551 bits per heavy atom. The molecule has 2 atom stereocenters. The zero-order valence-corrected chi connectivity index (χ0v) is 64.3. The number of hydrogen-bond acceptors (Lipinski definition) is 7. The number of phosphoric ester groups is 1. The molecule has 0 fully saturated rings. The predicted octanol–water partition coefficient (Wildman–Crippen LogP) is 26.6. The SMILES string of the molecule is CC/C=C\C/C=C\C/C=C\C/C=C\C/C=C\C/C=C\C/C=C\C/C=C\C/C=C\C/C=C\C/C=C\CCCCCC(=O)OC(COC(=O)CCCCCCCCCCCCCCCCCCCCCCCCCC/C=C\C/C=C\C/C=C\C/C=C\CC)COP(=O)(O)OCC[N+](C)(C)C. The Hall–Kier alpha value is -4.89. The molecule has 0 bridgehead atoms. The summed E-state index contributed by atoms with van der Waals surface area (Å²) in [7, 11) is 1.44. The number of likely N-dealkylation sites (N-methyl/N-ethyl adjacent to an activating group) is 1. The van der Waals surface area contributed by atoms with Crippen LogP contribution < -0.4 is 0 Å². The van der Waals surface area contributed by atoms with Gasteiger partial charge in [-0.2, -0.15) is 0 Å². The molecule has 10 heteroatoms. The van der Waals surface area contributed by atoms with Gasteiger partial charge in [-0.25, -0.2) is 4.57 Å². The third-order valence-corrected chi connectivity index (χ3v) is 17.4. The molecule has 0 aromatic heterocycles. The minimum Gasteiger partial charge on any atom is -0.462 e. The van der Waals surface area contributed by atoms with Crippen molar-refractivity contribution in [3.8, 4) is 0 Å². The van der Waals surface area contributed by atoms with Gasteiger partial charge in [-0.1, -0.05) is 344 Å². The highest BCUT2D eigenvalue weighted by Gasteiger charge is 2.27. The number of hydrogen-bond donors (Lipinski definition) is 1. The van der Waals surface area contributed by atoms with Crippen LogP contribution in [0.15, 0.2) is 182 Å². The van der Waals surface area contributed by atoms with E-state index in [4.69, 9.17) is 18.5 Å². The Kier molecular flexibility index (Phi) is 72.5. The predicted molar refractivity (Wildman–Crippen MR) is 426 cm³/mol. The molecule has 0 aromatic carbocycles. The van der Waals surface area contributed by atoms with Crippen LogP contribution in [0.1, 0.15) is 309 Å². The minimum absolute atomic E-state index is 0.0172. The lowest BCUT2D eigenvalue weighted by molar-refractivity contribution is -0.870. The highest BCUT2D eigenvalue weighted by Crippen LogP contribution is 2.43. The monoisotopic (exact) mass is 1380 g/mol. The average molecular weight is 1380 g/mol. The number of unbranched alkanes of at least 4 members (excludes halogenated alkanes) is 27. The Morgan fingerprint density at radius 3 is 0.827 bits per heavy atom. The minimum atomic E-state index is -4.42. The molecule has 0 aromatic rings. The standard InChI is InChI=1S/C88H146NO8P/c1-6-8-10-12-14-16-18-20-22-24-26-28-30-32-34-36-38-40-42-44-46-48-50-52-54-56-58-60-62-64-66-68-70-72-74-76-78-80-87(90)94-84-86(85-96-98(92,93)95-83-82-89(3,4)5)97-88(91)81-79-77-75-73-71-69-67-65-63-61-59-57-55-53-51-49-47-45-43-41-39-37-35-33-31-29-27-25-23-21-19-17-15-13-11-9-7-2/h8-11,14-17,20-23,26-29,33,35,39,41,45,47,51,53,57,59,63,65,69,71,86H,6-7,12-13,18-19,24-25,30-32,34,36-38,40,42-44,46,48-50,52,54-56,58,60-62,64,66-68,70,72-85H2,1-5H3/p+1/b10-8-,11-9-,16-14-,17-15-,22-20-,23-21-,28-26-,29-27-,35-33-,41-39-,47-45-,53-51-,59-57-,65-63-,71-69-. The summed E-state index contributed by atoms with van der Waals surface area (Å²) in [5.74, 6) is -0.837. The lowest BCUT2D eigenvalue weighted by atomic mass is 10.0. The van der Waals surface area contributed by atoms with Crippen molar-refractivity contribution in [1.82, 2.24) is 0 Å². The van der Waals surface area contributed by atoms with Crippen LogP contribution in [0.3, 0.4) is 0 Å². The Balaban J connectivity index is 4.08. The molecular weight excluding hydrogens is 1230 g/mol. The number of rotatable bonds is 71. The van der Waals surface area contributed by atoms with E-state index in [9.17, 15) is 19.0 Å². The maximum Gasteiger partial charge on any atom is 0.472 e. The molecule has 0 heterocycles. The van der Waals surface area contributed by atoms with Crippen LogP contribution in [0.4, 0.5) is 0 Å². The van der Waals surface area contributed by atoms with Gasteiger partial charge in [-0.05, 0) is 135 Å². The van der Waals surface area contributed by atoms with Gasteiger partial charge in [0.15, 0.2) is 6.10 Å². The maximum absolute atomic E-state index is 12.9. The fraction of sp³-hybridized carbons (Fsp3) is 0.636. The number of carbonyl (C=O) groups excluding carboxylic acids is 2. The molecule has 0 saturated heterocycles. The normalized spacial score (nSPS) is 14.1. The molecule has 0 saturated carbocycles. The summed E-state index contributed by atoms with van der Waals surface area (Å²) in [6.45, 7) is 4.17. The van der Waals surface area contributed by atoms with Gasteiger partial charge >= 0.3 is 19.8 Å². The van der Waals surface area contributed by atoms with Crippen LogP contribution >= 0.6 is 7.82 Å². The summed E-state index contributed by atoms with van der Waals surface area (Å²) in [4.78, 5) is 36.0. The second kappa shape index (κ2) is 76.3. The highest BCUT2D eigenvalue weighted by molar-refractivity contribution is 7.47. The van der Waals surface area contributed by atoms with Crippen molar-refractivity contribution in [2.45, 2.75) is 315 Å². The van der Waals surface area contributed by atoms with Gasteiger partial charge in [0.25, 0.3) is 0 Å². The summed E-state index contributed by atoms with van der Waals surface area (Å²) in [5.41, 5.74) is 0. The first-order valence-corrected chi connectivity index (χ1v) is 41.0. The number of esters is 2. The smallest absolute Gasteiger partial charge is 0.462 e. The molecule has 2 unspecified atom stereocenters. The van der Waals surface area contributed by atoms with Crippen molar-refractivity contribution in [3.05, 3.63) is 182 Å². The molecule has 9 nitrogen and oxygen atoms in total. The summed E-state index contributed by atoms with van der Waals surface area (Å²) in [6.07, 6.45) is 117. The molecule has 556 valence electrons. The van der Waals surface area contributed by atoms with Gasteiger partial charge in [0, 0.05) is 12.8 Å². The fourth-order valence-corrected chi connectivity index (χ4v) is 11.2. The van der Waals surface area contributed by atoms with Crippen LogP contribution in [-0.2, 0) is 32.7 Å². The Labute approximate surface area is 603 Å². The van der Waals surface area contributed by atoms with Gasteiger partial charge in [0.1, 0.15) is 19.8 Å². The highest BCUT2D eigenvalue weighted by atomic mass is 31.2. The van der Waals surface area contributed by atoms with Crippen molar-refractivity contribution < 1.29 is 42.1 Å². The molecule has 0 radical (unpaired) electrons. The van der Waals surface area contributed by atoms with E-state index in [-0.39, 0.29) is 32.0 Å². The van der Waals surface area contributed by atoms with Crippen LogP contribution in [0.5, 0.6) is 0 Å². The first-order chi connectivity index (χ1) is 48.0.